The highest BCUT2D eigenvalue weighted by Crippen LogP contribution is 2.38. The minimum absolute atomic E-state index is 0.150. The lowest BCUT2D eigenvalue weighted by Crippen LogP contribution is -2.47. The fraction of sp³-hybridized carbons (Fsp3) is 0.120. The molecule has 160 valence electrons. The van der Waals surface area contributed by atoms with Gasteiger partial charge in [0.05, 0.1) is 0 Å². The number of fused-ring (bicyclic) bond motifs is 3. The number of hydrogen-bond donors (Lipinski definition) is 3. The van der Waals surface area contributed by atoms with Crippen LogP contribution in [0.1, 0.15) is 44.8 Å². The lowest BCUT2D eigenvalue weighted by molar-refractivity contribution is -0.142. The number of amides is 2. The van der Waals surface area contributed by atoms with Crippen molar-refractivity contribution in [3.8, 4) is 11.1 Å². The molecule has 32 heavy (non-hydrogen) atoms. The van der Waals surface area contributed by atoms with Crippen LogP contribution in [0.5, 0.6) is 0 Å². The van der Waals surface area contributed by atoms with Gasteiger partial charge in [0.25, 0.3) is 5.91 Å². The van der Waals surface area contributed by atoms with E-state index in [-0.39, 0.29) is 11.3 Å². The van der Waals surface area contributed by atoms with Crippen LogP contribution in [0, 0.1) is 0 Å². The van der Waals surface area contributed by atoms with Crippen LogP contribution >= 0.6 is 0 Å². The van der Waals surface area contributed by atoms with Crippen molar-refractivity contribution in [2.24, 2.45) is 0 Å². The zero-order chi connectivity index (χ0) is 22.8. The van der Waals surface area contributed by atoms with Gasteiger partial charge >= 0.3 is 5.97 Å². The van der Waals surface area contributed by atoms with Crippen molar-refractivity contribution in [1.82, 2.24) is 10.6 Å². The smallest absolute Gasteiger partial charge is 0.330 e. The molecule has 0 bridgehead atoms. The third-order valence-electron chi connectivity index (χ3n) is 5.40. The Labute approximate surface area is 184 Å². The molecule has 0 saturated heterocycles. The Kier molecular flexibility index (Phi) is 5.55. The summed E-state index contributed by atoms with van der Waals surface area (Å²) in [5.41, 5.74) is 2.86. The molecule has 2 atom stereocenters. The minimum atomic E-state index is -1.24. The second-order valence-corrected chi connectivity index (χ2v) is 7.49. The Hall–Kier alpha value is -4.26. The SMILES string of the molecule is CC(NC(=O)c1cccc2c1-c1ccccc1C2=O)C(=O)NC(C(=O)O)c1ccccc1. The summed E-state index contributed by atoms with van der Waals surface area (Å²) in [6.45, 7) is 1.47. The first-order chi connectivity index (χ1) is 15.4. The summed E-state index contributed by atoms with van der Waals surface area (Å²) in [5.74, 6) is -2.53. The topological polar surface area (TPSA) is 113 Å². The molecule has 7 nitrogen and oxygen atoms in total. The van der Waals surface area contributed by atoms with E-state index in [1.807, 2.05) is 0 Å². The van der Waals surface area contributed by atoms with Crippen LogP contribution in [0.25, 0.3) is 11.1 Å². The highest BCUT2D eigenvalue weighted by Gasteiger charge is 2.31. The van der Waals surface area contributed by atoms with Gasteiger partial charge in [0.1, 0.15) is 6.04 Å². The van der Waals surface area contributed by atoms with Gasteiger partial charge in [-0.3, -0.25) is 14.4 Å². The molecule has 2 amide bonds. The van der Waals surface area contributed by atoms with E-state index in [9.17, 15) is 24.3 Å². The van der Waals surface area contributed by atoms with Crippen LogP contribution in [0.4, 0.5) is 0 Å². The van der Waals surface area contributed by atoms with E-state index in [4.69, 9.17) is 0 Å². The van der Waals surface area contributed by atoms with Crippen LogP contribution in [-0.4, -0.2) is 34.7 Å². The fourth-order valence-corrected chi connectivity index (χ4v) is 3.81. The average molecular weight is 428 g/mol. The van der Waals surface area contributed by atoms with Crippen LogP contribution in [-0.2, 0) is 9.59 Å². The predicted molar refractivity (Wildman–Crippen MR) is 117 cm³/mol. The van der Waals surface area contributed by atoms with E-state index < -0.39 is 29.9 Å². The first-order valence-electron chi connectivity index (χ1n) is 10.0. The van der Waals surface area contributed by atoms with Gasteiger partial charge in [0.15, 0.2) is 11.8 Å². The van der Waals surface area contributed by atoms with E-state index in [1.165, 1.54) is 6.92 Å². The molecule has 0 heterocycles. The van der Waals surface area contributed by atoms with Gasteiger partial charge in [0.2, 0.25) is 5.91 Å². The molecule has 2 unspecified atom stereocenters. The molecule has 0 radical (unpaired) electrons. The van der Waals surface area contributed by atoms with E-state index in [0.717, 1.165) is 0 Å². The van der Waals surface area contributed by atoms with Gasteiger partial charge in [-0.15, -0.1) is 0 Å². The van der Waals surface area contributed by atoms with Gasteiger partial charge in [-0.25, -0.2) is 4.79 Å². The number of aliphatic carboxylic acids is 1. The summed E-state index contributed by atoms with van der Waals surface area (Å²) in [6.07, 6.45) is 0. The summed E-state index contributed by atoms with van der Waals surface area (Å²) in [6, 6.07) is 18.0. The summed E-state index contributed by atoms with van der Waals surface area (Å²) in [7, 11) is 0. The second kappa shape index (κ2) is 8.47. The average Bonchev–Trinajstić information content (AvgIpc) is 3.10. The molecule has 0 fully saturated rings. The number of carbonyl (C=O) groups excluding carboxylic acids is 3. The normalized spacial score (nSPS) is 13.5. The monoisotopic (exact) mass is 428 g/mol. The standard InChI is InChI=1S/C25H20N2O5/c1-14(23(29)27-21(25(31)32)15-8-3-2-4-9-15)26-24(30)19-13-7-12-18-20(19)16-10-5-6-11-17(16)22(18)28/h2-14,21H,1H3,(H,26,30)(H,27,29)(H,31,32). The van der Waals surface area contributed by atoms with Crippen molar-refractivity contribution >= 4 is 23.6 Å². The number of carbonyl (C=O) groups is 4. The first-order valence-corrected chi connectivity index (χ1v) is 10.0. The Morgan fingerprint density at radius 1 is 0.781 bits per heavy atom. The zero-order valence-electron chi connectivity index (χ0n) is 17.2. The van der Waals surface area contributed by atoms with Crippen LogP contribution in [0.2, 0.25) is 0 Å². The molecule has 1 aliphatic rings. The molecule has 0 saturated carbocycles. The highest BCUT2D eigenvalue weighted by atomic mass is 16.4. The number of carboxylic acid groups (broad SMARTS) is 1. The number of benzene rings is 3. The molecule has 1 aliphatic carbocycles. The predicted octanol–water partition coefficient (Wildman–Crippen LogP) is 2.96. The minimum Gasteiger partial charge on any atom is -0.479 e. The van der Waals surface area contributed by atoms with Crippen molar-refractivity contribution in [1.29, 1.82) is 0 Å². The third kappa shape index (κ3) is 3.76. The number of carboxylic acids is 1. The number of nitrogens with one attached hydrogen (secondary N) is 2. The van der Waals surface area contributed by atoms with Crippen molar-refractivity contribution in [3.63, 3.8) is 0 Å². The van der Waals surface area contributed by atoms with E-state index >= 15 is 0 Å². The Bertz CT molecular complexity index is 1240. The Morgan fingerprint density at radius 2 is 1.41 bits per heavy atom. The summed E-state index contributed by atoms with van der Waals surface area (Å²) >= 11 is 0. The molecule has 3 aromatic carbocycles. The molecule has 0 aliphatic heterocycles. The molecular formula is C25H20N2O5. The Morgan fingerprint density at radius 3 is 2.09 bits per heavy atom. The maximum atomic E-state index is 13.0. The first kappa shape index (κ1) is 21.0. The molecule has 0 spiro atoms. The van der Waals surface area contributed by atoms with Crippen molar-refractivity contribution in [3.05, 3.63) is 95.1 Å². The molecule has 0 aromatic heterocycles. The molecule has 3 aromatic rings. The maximum absolute atomic E-state index is 13.0. The second-order valence-electron chi connectivity index (χ2n) is 7.49. The number of hydrogen-bond acceptors (Lipinski definition) is 4. The molecule has 3 N–H and O–H groups in total. The largest absolute Gasteiger partial charge is 0.479 e. The molecule has 7 heteroatoms. The van der Waals surface area contributed by atoms with Gasteiger partial charge in [0, 0.05) is 22.3 Å². The van der Waals surface area contributed by atoms with Crippen molar-refractivity contribution in [2.45, 2.75) is 19.0 Å². The fourth-order valence-electron chi connectivity index (χ4n) is 3.81. The number of ketones is 1. The van der Waals surface area contributed by atoms with Gasteiger partial charge < -0.3 is 15.7 Å². The third-order valence-corrected chi connectivity index (χ3v) is 5.40. The van der Waals surface area contributed by atoms with Gasteiger partial charge in [-0.1, -0.05) is 66.7 Å². The Balaban J connectivity index is 1.54. The van der Waals surface area contributed by atoms with E-state index in [2.05, 4.69) is 10.6 Å². The van der Waals surface area contributed by atoms with Gasteiger partial charge in [-0.2, -0.15) is 0 Å². The zero-order valence-corrected chi connectivity index (χ0v) is 17.2. The highest BCUT2D eigenvalue weighted by molar-refractivity contribution is 6.24. The quantitative estimate of drug-likeness (QED) is 0.437. The molecular weight excluding hydrogens is 408 g/mol. The van der Waals surface area contributed by atoms with E-state index in [1.54, 1.807) is 72.8 Å². The van der Waals surface area contributed by atoms with Crippen molar-refractivity contribution in [2.75, 3.05) is 0 Å². The summed E-state index contributed by atoms with van der Waals surface area (Å²) in [5, 5.41) is 14.6. The van der Waals surface area contributed by atoms with Gasteiger partial charge in [-0.05, 0) is 24.1 Å². The summed E-state index contributed by atoms with van der Waals surface area (Å²) in [4.78, 5) is 50.0. The lowest BCUT2D eigenvalue weighted by atomic mass is 9.98. The van der Waals surface area contributed by atoms with Crippen LogP contribution in [0.15, 0.2) is 72.8 Å². The van der Waals surface area contributed by atoms with Crippen LogP contribution < -0.4 is 10.6 Å². The molecule has 4 rings (SSSR count). The number of rotatable bonds is 6. The van der Waals surface area contributed by atoms with Crippen LogP contribution in [0.3, 0.4) is 0 Å². The summed E-state index contributed by atoms with van der Waals surface area (Å²) < 4.78 is 0. The van der Waals surface area contributed by atoms with Crippen molar-refractivity contribution < 1.29 is 24.3 Å². The van der Waals surface area contributed by atoms with E-state index in [0.29, 0.717) is 27.8 Å². The lowest BCUT2D eigenvalue weighted by Gasteiger charge is -2.19. The maximum Gasteiger partial charge on any atom is 0.330 e.